The lowest BCUT2D eigenvalue weighted by atomic mass is 10.2. The highest BCUT2D eigenvalue weighted by Crippen LogP contribution is 2.21. The molecule has 1 aromatic carbocycles. The summed E-state index contributed by atoms with van der Waals surface area (Å²) in [4.78, 5) is 12.9. The number of carbonyl (C=O) groups is 1. The number of aromatic nitrogens is 3. The average molecular weight is 410 g/mol. The largest absolute Gasteiger partial charge is 0.465 e. The monoisotopic (exact) mass is 409 g/mol. The number of carbonyl (C=O) groups excluding carboxylic acids is 1. The molecule has 1 aliphatic heterocycles. The van der Waals surface area contributed by atoms with Gasteiger partial charge in [-0.15, -0.1) is 11.7 Å². The van der Waals surface area contributed by atoms with E-state index in [9.17, 15) is 9.90 Å². The van der Waals surface area contributed by atoms with Gasteiger partial charge >= 0.3 is 5.97 Å². The molecule has 0 saturated carbocycles. The van der Waals surface area contributed by atoms with E-state index in [0.717, 1.165) is 10.5 Å². The summed E-state index contributed by atoms with van der Waals surface area (Å²) in [6, 6.07) is 6.93. The van der Waals surface area contributed by atoms with Crippen LogP contribution in [0.5, 0.6) is 0 Å². The van der Waals surface area contributed by atoms with Crippen LogP contribution in [0, 0.1) is 4.77 Å². The van der Waals surface area contributed by atoms with Gasteiger partial charge in [-0.05, 0) is 36.5 Å². The van der Waals surface area contributed by atoms with Crippen LogP contribution in [-0.2, 0) is 22.7 Å². The molecule has 0 aliphatic carbocycles. The normalized spacial score (nSPS) is 22.0. The van der Waals surface area contributed by atoms with Crippen LogP contribution in [-0.4, -0.2) is 51.2 Å². The van der Waals surface area contributed by atoms with Crippen molar-refractivity contribution in [2.75, 3.05) is 13.7 Å². The molecule has 0 spiro atoms. The van der Waals surface area contributed by atoms with E-state index in [-0.39, 0.29) is 5.97 Å². The van der Waals surface area contributed by atoms with E-state index in [1.54, 1.807) is 22.9 Å². The fourth-order valence-corrected chi connectivity index (χ4v) is 3.78. The van der Waals surface area contributed by atoms with Crippen LogP contribution in [0.4, 0.5) is 0 Å². The summed E-state index contributed by atoms with van der Waals surface area (Å²) in [5.74, 6) is 0.363. The van der Waals surface area contributed by atoms with Crippen molar-refractivity contribution in [3.05, 3.63) is 46.7 Å². The summed E-state index contributed by atoms with van der Waals surface area (Å²) in [5, 5.41) is 15.3. The first-order valence-corrected chi connectivity index (χ1v) is 9.38. The van der Waals surface area contributed by atoms with Crippen molar-refractivity contribution in [1.82, 2.24) is 14.3 Å². The molecule has 7 nitrogen and oxygen atoms in total. The van der Waals surface area contributed by atoms with E-state index in [4.69, 9.17) is 28.6 Å². The predicted octanol–water partition coefficient (Wildman–Crippen LogP) is 1.07. The molecule has 2 aromatic rings. The Hall–Kier alpha value is -2.00. The van der Waals surface area contributed by atoms with Crippen LogP contribution in [0.1, 0.15) is 6.42 Å². The maximum atomic E-state index is 12.0. The van der Waals surface area contributed by atoms with Crippen LogP contribution in [0.2, 0.25) is 5.02 Å². The highest BCUT2D eigenvalue weighted by Gasteiger charge is 2.41. The second-order valence-electron chi connectivity index (χ2n) is 6.50. The molecule has 2 N–H and O–H groups in total. The van der Waals surface area contributed by atoms with Crippen LogP contribution in [0.3, 0.4) is 0 Å². The zero-order chi connectivity index (χ0) is 19.6. The molecule has 1 aromatic heterocycles. The molecule has 144 valence electrons. The van der Waals surface area contributed by atoms with Crippen molar-refractivity contribution in [1.29, 1.82) is 0 Å². The molecule has 1 unspecified atom stereocenters. The number of nitrogens with zero attached hydrogens (tertiary/aromatic N) is 3. The molecule has 3 atom stereocenters. The fourth-order valence-electron chi connectivity index (χ4n) is 3.39. The lowest BCUT2D eigenvalue weighted by molar-refractivity contribution is -0.928. The molecular weight excluding hydrogens is 388 g/mol. The highest BCUT2D eigenvalue weighted by molar-refractivity contribution is 7.71. The average Bonchev–Trinajstić information content (AvgIpc) is 3.17. The lowest BCUT2D eigenvalue weighted by Gasteiger charge is -2.18. The third-order valence-corrected chi connectivity index (χ3v) is 5.36. The fraction of sp³-hybridized carbons (Fsp3) is 0.389. The zero-order valence-corrected chi connectivity index (χ0v) is 16.5. The van der Waals surface area contributed by atoms with Crippen molar-refractivity contribution < 1.29 is 19.5 Å². The Morgan fingerprint density at radius 1 is 1.52 bits per heavy atom. The van der Waals surface area contributed by atoms with Crippen molar-refractivity contribution >= 4 is 29.8 Å². The van der Waals surface area contributed by atoms with Gasteiger partial charge < -0.3 is 14.7 Å². The second kappa shape index (κ2) is 8.35. The van der Waals surface area contributed by atoms with Crippen LogP contribution >= 0.6 is 23.8 Å². The minimum atomic E-state index is -0.552. The lowest BCUT2D eigenvalue weighted by Crippen LogP contribution is -3.14. The summed E-state index contributed by atoms with van der Waals surface area (Å²) in [7, 11) is 1.35. The van der Waals surface area contributed by atoms with Gasteiger partial charge in [-0.3, -0.25) is 4.57 Å². The molecule has 1 aliphatic rings. The number of allylic oxidation sites excluding steroid dienone is 1. The van der Waals surface area contributed by atoms with Gasteiger partial charge in [0, 0.05) is 23.6 Å². The van der Waals surface area contributed by atoms with E-state index >= 15 is 0 Å². The number of rotatable bonds is 6. The zero-order valence-electron chi connectivity index (χ0n) is 15.0. The molecule has 9 heteroatoms. The number of methoxy groups -OCH3 is 1. The first-order chi connectivity index (χ1) is 12.9. The molecule has 3 rings (SSSR count). The molecule has 1 fully saturated rings. The SMILES string of the molecule is C=CCn1c(-c2ccc(Cl)cc2)nn(C[NH+]2C[C@@H](O)C[C@H]2C(=O)OC)c1=S. The quantitative estimate of drug-likeness (QED) is 0.424. The summed E-state index contributed by atoms with van der Waals surface area (Å²) in [6.45, 7) is 5.10. The standard InChI is InChI=1S/C18H21ClN4O3S/c1-3-8-22-16(12-4-6-13(19)7-5-12)20-23(18(22)27)11-21-10-14(24)9-15(21)17(25)26-2/h3-7,14-15,24H,1,8-11H2,2H3/p+1/t14-,15-/m0/s1. The number of ether oxygens (including phenoxy) is 1. The van der Waals surface area contributed by atoms with Crippen LogP contribution in [0.25, 0.3) is 11.4 Å². The van der Waals surface area contributed by atoms with Crippen molar-refractivity contribution in [2.24, 2.45) is 0 Å². The number of esters is 1. The molecule has 0 bridgehead atoms. The Morgan fingerprint density at radius 2 is 2.22 bits per heavy atom. The predicted molar refractivity (Wildman–Crippen MR) is 104 cm³/mol. The third kappa shape index (κ3) is 4.14. The van der Waals surface area contributed by atoms with Crippen molar-refractivity contribution in [3.8, 4) is 11.4 Å². The van der Waals surface area contributed by atoms with E-state index in [1.165, 1.54) is 7.11 Å². The number of aliphatic hydroxyl groups excluding tert-OH is 1. The summed E-state index contributed by atoms with van der Waals surface area (Å²) < 4.78 is 8.96. The highest BCUT2D eigenvalue weighted by atomic mass is 35.5. The van der Waals surface area contributed by atoms with Gasteiger partial charge in [-0.1, -0.05) is 17.7 Å². The van der Waals surface area contributed by atoms with Crippen molar-refractivity contribution in [2.45, 2.75) is 31.8 Å². The van der Waals surface area contributed by atoms with Gasteiger partial charge in [-0.25, -0.2) is 4.79 Å². The smallest absolute Gasteiger partial charge is 0.364 e. The van der Waals surface area contributed by atoms with Crippen molar-refractivity contribution in [3.63, 3.8) is 0 Å². The minimum Gasteiger partial charge on any atom is -0.465 e. The van der Waals surface area contributed by atoms with Crippen LogP contribution < -0.4 is 4.90 Å². The second-order valence-corrected chi connectivity index (χ2v) is 7.30. The van der Waals surface area contributed by atoms with Crippen LogP contribution in [0.15, 0.2) is 36.9 Å². The summed E-state index contributed by atoms with van der Waals surface area (Å²) in [6.07, 6.45) is 1.57. The summed E-state index contributed by atoms with van der Waals surface area (Å²) in [5.41, 5.74) is 0.882. The molecular formula is C18H22ClN4O3S+. The molecule has 0 amide bonds. The number of halogens is 1. The first kappa shape index (κ1) is 19.8. The Balaban J connectivity index is 1.95. The number of aliphatic hydroxyl groups is 1. The Kier molecular flexibility index (Phi) is 6.11. The van der Waals surface area contributed by atoms with E-state index in [2.05, 4.69) is 11.7 Å². The molecule has 2 heterocycles. The van der Waals surface area contributed by atoms with Gasteiger partial charge in [0.15, 0.2) is 18.5 Å². The van der Waals surface area contributed by atoms with Gasteiger partial charge in [-0.2, -0.15) is 4.68 Å². The van der Waals surface area contributed by atoms with Gasteiger partial charge in [0.25, 0.3) is 0 Å². The number of quaternary nitrogens is 1. The van der Waals surface area contributed by atoms with Gasteiger partial charge in [0.05, 0.1) is 7.11 Å². The first-order valence-electron chi connectivity index (χ1n) is 8.59. The number of benzene rings is 1. The number of likely N-dealkylation sites (tertiary alicyclic amines) is 1. The topological polar surface area (TPSA) is 73.7 Å². The maximum Gasteiger partial charge on any atom is 0.364 e. The molecule has 0 radical (unpaired) electrons. The van der Waals surface area contributed by atoms with Gasteiger partial charge in [0.2, 0.25) is 4.77 Å². The Morgan fingerprint density at radius 3 is 2.85 bits per heavy atom. The maximum absolute atomic E-state index is 12.0. The minimum absolute atomic E-state index is 0.337. The molecule has 1 saturated heterocycles. The number of hydrogen-bond acceptors (Lipinski definition) is 5. The Labute approximate surface area is 167 Å². The van der Waals surface area contributed by atoms with E-state index in [0.29, 0.717) is 41.8 Å². The number of hydrogen-bond donors (Lipinski definition) is 2. The van der Waals surface area contributed by atoms with Gasteiger partial charge in [0.1, 0.15) is 12.6 Å². The third-order valence-electron chi connectivity index (χ3n) is 4.67. The van der Waals surface area contributed by atoms with E-state index in [1.807, 2.05) is 16.7 Å². The Bertz CT molecular complexity index is 893. The molecule has 27 heavy (non-hydrogen) atoms. The summed E-state index contributed by atoms with van der Waals surface area (Å²) >= 11 is 11.6. The number of nitrogens with one attached hydrogen (secondary N) is 1. The van der Waals surface area contributed by atoms with E-state index < -0.39 is 12.1 Å².